The van der Waals surface area contributed by atoms with Gasteiger partial charge in [-0.1, -0.05) is 25.4 Å². The van der Waals surface area contributed by atoms with Crippen molar-refractivity contribution in [1.82, 2.24) is 9.88 Å². The highest BCUT2D eigenvalue weighted by Gasteiger charge is 2.22. The number of amides is 1. The van der Waals surface area contributed by atoms with Crippen molar-refractivity contribution in [3.05, 3.63) is 52.8 Å². The number of hydrogen-bond acceptors (Lipinski definition) is 4. The van der Waals surface area contributed by atoms with Gasteiger partial charge in [-0.2, -0.15) is 0 Å². The van der Waals surface area contributed by atoms with Crippen LogP contribution in [-0.4, -0.2) is 36.6 Å². The first-order valence-corrected chi connectivity index (χ1v) is 9.40. The lowest BCUT2D eigenvalue weighted by molar-refractivity contribution is 0.0742. The summed E-state index contributed by atoms with van der Waals surface area (Å²) in [5.41, 5.74) is 1.46. The molecule has 0 aliphatic rings. The number of benzene rings is 1. The van der Waals surface area contributed by atoms with Crippen LogP contribution in [0.3, 0.4) is 0 Å². The normalized spacial score (nSPS) is 12.0. The first kappa shape index (κ1) is 21.0. The number of methoxy groups -OCH3 is 1. The van der Waals surface area contributed by atoms with Gasteiger partial charge in [-0.15, -0.1) is 0 Å². The summed E-state index contributed by atoms with van der Waals surface area (Å²) >= 11 is 6.39. The van der Waals surface area contributed by atoms with Crippen LogP contribution in [0.2, 0.25) is 5.02 Å². The van der Waals surface area contributed by atoms with E-state index < -0.39 is 0 Å². The number of rotatable bonds is 8. The molecular formula is C21H27ClN2O3. The number of carbonyl (C=O) groups is 1. The second kappa shape index (κ2) is 9.60. The van der Waals surface area contributed by atoms with Crippen LogP contribution in [0, 0.1) is 5.92 Å². The van der Waals surface area contributed by atoms with Crippen LogP contribution < -0.4 is 9.47 Å². The van der Waals surface area contributed by atoms with Gasteiger partial charge in [0.2, 0.25) is 0 Å². The molecule has 5 nitrogen and oxygen atoms in total. The number of hydrogen-bond donors (Lipinski definition) is 0. The van der Waals surface area contributed by atoms with E-state index in [-0.39, 0.29) is 11.9 Å². The molecule has 1 aromatic heterocycles. The molecule has 1 amide bonds. The number of ether oxygens (including phenoxy) is 2. The van der Waals surface area contributed by atoms with Gasteiger partial charge in [-0.25, -0.2) is 0 Å². The van der Waals surface area contributed by atoms with Gasteiger partial charge in [0.05, 0.1) is 24.8 Å². The largest absolute Gasteiger partial charge is 0.493 e. The van der Waals surface area contributed by atoms with Crippen molar-refractivity contribution in [3.8, 4) is 11.5 Å². The van der Waals surface area contributed by atoms with Gasteiger partial charge in [-0.05, 0) is 49.1 Å². The molecule has 0 aliphatic carbocycles. The molecule has 2 aromatic rings. The minimum Gasteiger partial charge on any atom is -0.493 e. The third-order valence-corrected chi connectivity index (χ3v) is 4.79. The highest BCUT2D eigenvalue weighted by molar-refractivity contribution is 6.32. The molecule has 1 unspecified atom stereocenters. The zero-order chi connectivity index (χ0) is 20.0. The number of pyridine rings is 1. The fourth-order valence-electron chi connectivity index (χ4n) is 2.63. The van der Waals surface area contributed by atoms with Crippen LogP contribution in [0.1, 0.15) is 49.2 Å². The molecule has 0 spiro atoms. The van der Waals surface area contributed by atoms with Gasteiger partial charge in [0.15, 0.2) is 11.5 Å². The lowest BCUT2D eigenvalue weighted by Crippen LogP contribution is -2.29. The van der Waals surface area contributed by atoms with Crippen LogP contribution in [0.25, 0.3) is 0 Å². The number of aromatic nitrogens is 1. The van der Waals surface area contributed by atoms with E-state index in [1.807, 2.05) is 19.1 Å². The van der Waals surface area contributed by atoms with Gasteiger partial charge in [0.25, 0.3) is 5.91 Å². The van der Waals surface area contributed by atoms with E-state index >= 15 is 0 Å². The molecule has 0 bridgehead atoms. The molecule has 146 valence electrons. The van der Waals surface area contributed by atoms with Gasteiger partial charge in [-0.3, -0.25) is 9.78 Å². The fraction of sp³-hybridized carbons (Fsp3) is 0.429. The highest BCUT2D eigenvalue weighted by Crippen LogP contribution is 2.37. The third-order valence-electron chi connectivity index (χ3n) is 4.51. The predicted octanol–water partition coefficient (Wildman–Crippen LogP) is 5.00. The van der Waals surface area contributed by atoms with Gasteiger partial charge >= 0.3 is 0 Å². The van der Waals surface area contributed by atoms with E-state index in [1.54, 1.807) is 43.6 Å². The molecule has 2 rings (SSSR count). The zero-order valence-electron chi connectivity index (χ0n) is 16.5. The lowest BCUT2D eigenvalue weighted by atomic mass is 10.1. The van der Waals surface area contributed by atoms with Crippen LogP contribution >= 0.6 is 11.6 Å². The maximum atomic E-state index is 12.9. The Labute approximate surface area is 166 Å². The first-order chi connectivity index (χ1) is 12.8. The summed E-state index contributed by atoms with van der Waals surface area (Å²) in [6.45, 7) is 6.77. The Morgan fingerprint density at radius 1 is 1.22 bits per heavy atom. The molecule has 0 radical (unpaired) electrons. The smallest absolute Gasteiger partial charge is 0.254 e. The second-order valence-corrected chi connectivity index (χ2v) is 7.30. The van der Waals surface area contributed by atoms with Crippen LogP contribution in [0.4, 0.5) is 0 Å². The summed E-state index contributed by atoms with van der Waals surface area (Å²) in [5, 5.41) is 0.367. The quantitative estimate of drug-likeness (QED) is 0.636. The molecule has 6 heteroatoms. The summed E-state index contributed by atoms with van der Waals surface area (Å²) in [7, 11) is 3.30. The number of nitrogens with zero attached hydrogens (tertiary/aromatic N) is 2. The number of carbonyl (C=O) groups excluding carboxylic acids is 1. The molecule has 1 atom stereocenters. The molecule has 1 aromatic carbocycles. The molecule has 0 aliphatic heterocycles. The summed E-state index contributed by atoms with van der Waals surface area (Å²) in [6, 6.07) is 7.00. The molecule has 0 N–H and O–H groups in total. The first-order valence-electron chi connectivity index (χ1n) is 9.02. The van der Waals surface area contributed by atoms with Crippen molar-refractivity contribution >= 4 is 17.5 Å². The van der Waals surface area contributed by atoms with Crippen LogP contribution in [-0.2, 0) is 0 Å². The molecule has 0 saturated carbocycles. The average Bonchev–Trinajstić information content (AvgIpc) is 2.67. The monoisotopic (exact) mass is 390 g/mol. The third kappa shape index (κ3) is 5.36. The summed E-state index contributed by atoms with van der Waals surface area (Å²) in [6.07, 6.45) is 4.34. The Morgan fingerprint density at radius 2 is 1.89 bits per heavy atom. The lowest BCUT2D eigenvalue weighted by Gasteiger charge is -2.26. The molecular weight excluding hydrogens is 364 g/mol. The summed E-state index contributed by atoms with van der Waals surface area (Å²) in [4.78, 5) is 18.6. The van der Waals surface area contributed by atoms with E-state index in [4.69, 9.17) is 21.1 Å². The van der Waals surface area contributed by atoms with Crippen molar-refractivity contribution in [2.24, 2.45) is 5.92 Å². The van der Waals surface area contributed by atoms with Gasteiger partial charge in [0, 0.05) is 25.0 Å². The minimum atomic E-state index is -0.145. The fourth-order valence-corrected chi connectivity index (χ4v) is 2.89. The van der Waals surface area contributed by atoms with E-state index in [9.17, 15) is 4.79 Å². The van der Waals surface area contributed by atoms with E-state index in [0.717, 1.165) is 12.0 Å². The summed E-state index contributed by atoms with van der Waals surface area (Å²) < 4.78 is 11.2. The molecule has 0 saturated heterocycles. The molecule has 27 heavy (non-hydrogen) atoms. The Bertz CT molecular complexity index is 766. The van der Waals surface area contributed by atoms with Crippen molar-refractivity contribution < 1.29 is 14.3 Å². The van der Waals surface area contributed by atoms with Crippen molar-refractivity contribution in [2.75, 3.05) is 20.8 Å². The molecule has 1 heterocycles. The van der Waals surface area contributed by atoms with E-state index in [0.29, 0.717) is 34.6 Å². The van der Waals surface area contributed by atoms with E-state index in [1.165, 1.54) is 0 Å². The molecule has 0 fully saturated rings. The predicted molar refractivity (Wildman–Crippen MR) is 108 cm³/mol. The Balaban J connectivity index is 2.22. The van der Waals surface area contributed by atoms with Crippen LogP contribution in [0.15, 0.2) is 36.7 Å². The van der Waals surface area contributed by atoms with Crippen LogP contribution in [0.5, 0.6) is 11.5 Å². The van der Waals surface area contributed by atoms with Gasteiger partial charge < -0.3 is 14.4 Å². The Kier molecular flexibility index (Phi) is 7.48. The second-order valence-electron chi connectivity index (χ2n) is 6.89. The minimum absolute atomic E-state index is 0.104. The topological polar surface area (TPSA) is 51.7 Å². The summed E-state index contributed by atoms with van der Waals surface area (Å²) in [5.74, 6) is 1.31. The SMILES string of the molecule is COc1cc(C(=O)N(C)C(C)c2ccncc2)cc(Cl)c1OCCC(C)C. The van der Waals surface area contributed by atoms with E-state index in [2.05, 4.69) is 18.8 Å². The average molecular weight is 391 g/mol. The zero-order valence-corrected chi connectivity index (χ0v) is 17.3. The van der Waals surface area contributed by atoms with Crippen molar-refractivity contribution in [1.29, 1.82) is 0 Å². The maximum absolute atomic E-state index is 12.9. The maximum Gasteiger partial charge on any atom is 0.254 e. The Hall–Kier alpha value is -2.27. The number of halogens is 1. The van der Waals surface area contributed by atoms with Gasteiger partial charge in [0.1, 0.15) is 0 Å². The van der Waals surface area contributed by atoms with Crippen molar-refractivity contribution in [2.45, 2.75) is 33.2 Å². The standard InChI is InChI=1S/C21H27ClN2O3/c1-14(2)8-11-27-20-18(22)12-17(13-19(20)26-5)21(25)24(4)15(3)16-6-9-23-10-7-16/h6-7,9-10,12-15H,8,11H2,1-5H3. The van der Waals surface area contributed by atoms with Crippen molar-refractivity contribution in [3.63, 3.8) is 0 Å². The Morgan fingerprint density at radius 3 is 2.48 bits per heavy atom. The highest BCUT2D eigenvalue weighted by atomic mass is 35.5.